The molecule has 2 heterocycles. The van der Waals surface area contributed by atoms with Crippen molar-refractivity contribution < 1.29 is 14.0 Å². The van der Waals surface area contributed by atoms with Gasteiger partial charge in [0.2, 0.25) is 5.91 Å². The number of hydrogen-bond donors (Lipinski definition) is 1. The summed E-state index contributed by atoms with van der Waals surface area (Å²) in [6.45, 7) is 1.81. The Kier molecular flexibility index (Phi) is 4.80. The number of benzene rings is 1. The first-order valence-electron chi connectivity index (χ1n) is 7.43. The first-order chi connectivity index (χ1) is 11.5. The van der Waals surface area contributed by atoms with Gasteiger partial charge >= 0.3 is 0 Å². The molecule has 3 rings (SSSR count). The minimum atomic E-state index is -0.604. The lowest BCUT2D eigenvalue weighted by molar-refractivity contribution is -0.119. The van der Waals surface area contributed by atoms with Crippen molar-refractivity contribution in [2.24, 2.45) is 0 Å². The van der Waals surface area contributed by atoms with Crippen molar-refractivity contribution in [1.82, 2.24) is 9.88 Å². The standard InChI is InChI=1S/C17H16FN3O2S/c1-11-4-2-7-14(19-11)17(23)21-10-24-9-15(21)16(22)20-13-6-3-5-12(18)8-13/h2-8,15H,9-10H2,1H3,(H,20,22)/t15-/m0/s1. The van der Waals surface area contributed by atoms with Gasteiger partial charge in [-0.1, -0.05) is 12.1 Å². The third-order valence-corrected chi connectivity index (χ3v) is 4.66. The molecule has 2 aromatic rings. The molecule has 7 heteroatoms. The van der Waals surface area contributed by atoms with Crippen molar-refractivity contribution in [1.29, 1.82) is 0 Å². The molecule has 0 spiro atoms. The predicted molar refractivity (Wildman–Crippen MR) is 91.3 cm³/mol. The fraction of sp³-hybridized carbons (Fsp3) is 0.235. The lowest BCUT2D eigenvalue weighted by atomic mass is 10.2. The first kappa shape index (κ1) is 16.4. The van der Waals surface area contributed by atoms with Crippen LogP contribution in [0.1, 0.15) is 16.2 Å². The maximum Gasteiger partial charge on any atom is 0.273 e. The highest BCUT2D eigenvalue weighted by atomic mass is 32.2. The Labute approximate surface area is 143 Å². The van der Waals surface area contributed by atoms with Gasteiger partial charge in [-0.15, -0.1) is 11.8 Å². The monoisotopic (exact) mass is 345 g/mol. The van der Waals surface area contributed by atoms with E-state index in [0.29, 0.717) is 23.0 Å². The van der Waals surface area contributed by atoms with Gasteiger partial charge in [-0.2, -0.15) is 0 Å². The Morgan fingerprint density at radius 2 is 2.08 bits per heavy atom. The van der Waals surface area contributed by atoms with Gasteiger partial charge in [-0.25, -0.2) is 9.37 Å². The average molecular weight is 345 g/mol. The molecule has 1 aromatic carbocycles. The van der Waals surface area contributed by atoms with E-state index in [9.17, 15) is 14.0 Å². The van der Waals surface area contributed by atoms with E-state index in [-0.39, 0.29) is 11.8 Å². The summed E-state index contributed by atoms with van der Waals surface area (Å²) in [7, 11) is 0. The minimum absolute atomic E-state index is 0.275. The Hall–Kier alpha value is -2.41. The number of pyridine rings is 1. The molecule has 0 saturated carbocycles. The van der Waals surface area contributed by atoms with Crippen LogP contribution in [0.25, 0.3) is 0 Å². The first-order valence-corrected chi connectivity index (χ1v) is 8.59. The Balaban J connectivity index is 1.75. The molecule has 0 radical (unpaired) electrons. The summed E-state index contributed by atoms with van der Waals surface area (Å²) in [5.74, 6) is -0.103. The van der Waals surface area contributed by atoms with Crippen LogP contribution in [-0.2, 0) is 4.79 Å². The van der Waals surface area contributed by atoms with Crippen molar-refractivity contribution in [3.8, 4) is 0 Å². The zero-order chi connectivity index (χ0) is 17.1. The van der Waals surface area contributed by atoms with Crippen LogP contribution in [-0.4, -0.2) is 39.4 Å². The lowest BCUT2D eigenvalue weighted by Gasteiger charge is -2.22. The Morgan fingerprint density at radius 3 is 2.83 bits per heavy atom. The molecular weight excluding hydrogens is 329 g/mol. The van der Waals surface area contributed by atoms with Gasteiger partial charge in [0.15, 0.2) is 0 Å². The molecule has 1 aromatic heterocycles. The van der Waals surface area contributed by atoms with E-state index in [1.54, 1.807) is 18.2 Å². The van der Waals surface area contributed by atoms with Crippen molar-refractivity contribution in [3.63, 3.8) is 0 Å². The largest absolute Gasteiger partial charge is 0.324 e. The van der Waals surface area contributed by atoms with E-state index >= 15 is 0 Å². The second-order valence-electron chi connectivity index (χ2n) is 5.45. The van der Waals surface area contributed by atoms with E-state index in [2.05, 4.69) is 10.3 Å². The topological polar surface area (TPSA) is 62.3 Å². The van der Waals surface area contributed by atoms with Crippen molar-refractivity contribution in [3.05, 3.63) is 59.7 Å². The summed E-state index contributed by atoms with van der Waals surface area (Å²) in [6, 6.07) is 10.3. The molecule has 1 aliphatic rings. The number of nitrogens with one attached hydrogen (secondary N) is 1. The normalized spacial score (nSPS) is 16.9. The van der Waals surface area contributed by atoms with E-state index in [4.69, 9.17) is 0 Å². The van der Waals surface area contributed by atoms with Crippen LogP contribution in [0, 0.1) is 12.7 Å². The number of rotatable bonds is 3. The van der Waals surface area contributed by atoms with Crippen LogP contribution in [0.3, 0.4) is 0 Å². The quantitative estimate of drug-likeness (QED) is 0.929. The summed E-state index contributed by atoms with van der Waals surface area (Å²) >= 11 is 1.50. The Morgan fingerprint density at radius 1 is 1.29 bits per heavy atom. The molecule has 5 nitrogen and oxygen atoms in total. The van der Waals surface area contributed by atoms with Crippen LogP contribution >= 0.6 is 11.8 Å². The number of carbonyl (C=O) groups excluding carboxylic acids is 2. The molecule has 0 bridgehead atoms. The molecule has 1 N–H and O–H groups in total. The van der Waals surface area contributed by atoms with Gasteiger partial charge < -0.3 is 10.2 Å². The van der Waals surface area contributed by atoms with Crippen LogP contribution < -0.4 is 5.32 Å². The lowest BCUT2D eigenvalue weighted by Crippen LogP contribution is -2.44. The van der Waals surface area contributed by atoms with Gasteiger partial charge in [0.1, 0.15) is 17.6 Å². The number of halogens is 1. The van der Waals surface area contributed by atoms with Crippen molar-refractivity contribution >= 4 is 29.3 Å². The Bertz CT molecular complexity index is 784. The molecule has 1 saturated heterocycles. The average Bonchev–Trinajstić information content (AvgIpc) is 3.04. The molecule has 0 aliphatic carbocycles. The fourth-order valence-corrected chi connectivity index (χ4v) is 3.61. The number of thioether (sulfide) groups is 1. The van der Waals surface area contributed by atoms with Gasteiger partial charge in [0.25, 0.3) is 5.91 Å². The zero-order valence-corrected chi connectivity index (χ0v) is 13.8. The van der Waals surface area contributed by atoms with E-state index in [1.807, 2.05) is 13.0 Å². The molecule has 0 unspecified atom stereocenters. The molecular formula is C17H16FN3O2S. The fourth-order valence-electron chi connectivity index (χ4n) is 2.46. The second kappa shape index (κ2) is 7.00. The molecule has 24 heavy (non-hydrogen) atoms. The third-order valence-electron chi connectivity index (χ3n) is 3.65. The number of hydrogen-bond acceptors (Lipinski definition) is 4. The van der Waals surface area contributed by atoms with Gasteiger partial charge in [-0.3, -0.25) is 9.59 Å². The third kappa shape index (κ3) is 3.56. The van der Waals surface area contributed by atoms with Gasteiger partial charge in [0.05, 0.1) is 5.88 Å². The number of nitrogens with zero attached hydrogens (tertiary/aromatic N) is 2. The summed E-state index contributed by atoms with van der Waals surface area (Å²) in [5, 5.41) is 2.67. The summed E-state index contributed by atoms with van der Waals surface area (Å²) in [6.07, 6.45) is 0. The van der Waals surface area contributed by atoms with Crippen molar-refractivity contribution in [2.75, 3.05) is 16.9 Å². The SMILES string of the molecule is Cc1cccc(C(=O)N2CSC[C@H]2C(=O)Nc2cccc(F)c2)n1. The summed E-state index contributed by atoms with van der Waals surface area (Å²) < 4.78 is 13.2. The molecule has 1 atom stereocenters. The van der Waals surface area contributed by atoms with E-state index in [1.165, 1.54) is 34.9 Å². The highest BCUT2D eigenvalue weighted by Crippen LogP contribution is 2.24. The number of aryl methyl sites for hydroxylation is 1. The van der Waals surface area contributed by atoms with E-state index < -0.39 is 11.9 Å². The number of aromatic nitrogens is 1. The van der Waals surface area contributed by atoms with Crippen LogP contribution in [0.5, 0.6) is 0 Å². The predicted octanol–water partition coefficient (Wildman–Crippen LogP) is 2.68. The van der Waals surface area contributed by atoms with E-state index in [0.717, 1.165) is 5.69 Å². The highest BCUT2D eigenvalue weighted by Gasteiger charge is 2.35. The number of amides is 2. The summed E-state index contributed by atoms with van der Waals surface area (Å²) in [4.78, 5) is 30.8. The smallest absolute Gasteiger partial charge is 0.273 e. The molecule has 1 fully saturated rings. The maximum absolute atomic E-state index is 13.2. The van der Waals surface area contributed by atoms with Gasteiger partial charge in [0, 0.05) is 17.1 Å². The maximum atomic E-state index is 13.2. The molecule has 124 valence electrons. The van der Waals surface area contributed by atoms with Gasteiger partial charge in [-0.05, 0) is 37.3 Å². The van der Waals surface area contributed by atoms with Crippen LogP contribution in [0.2, 0.25) is 0 Å². The molecule has 1 aliphatic heterocycles. The minimum Gasteiger partial charge on any atom is -0.324 e. The molecule has 2 amide bonds. The highest BCUT2D eigenvalue weighted by molar-refractivity contribution is 7.99. The number of anilines is 1. The summed E-state index contributed by atoms with van der Waals surface area (Å²) in [5.41, 5.74) is 1.44. The van der Waals surface area contributed by atoms with Crippen LogP contribution in [0.4, 0.5) is 10.1 Å². The van der Waals surface area contributed by atoms with Crippen LogP contribution in [0.15, 0.2) is 42.5 Å². The second-order valence-corrected chi connectivity index (χ2v) is 6.45. The van der Waals surface area contributed by atoms with Crippen molar-refractivity contribution in [2.45, 2.75) is 13.0 Å². The number of carbonyl (C=O) groups is 2. The zero-order valence-electron chi connectivity index (χ0n) is 13.0.